The van der Waals surface area contributed by atoms with Crippen molar-refractivity contribution in [2.45, 2.75) is 78.6 Å². The molecule has 0 unspecified atom stereocenters. The molecule has 2 nitrogen and oxygen atoms in total. The van der Waals surface area contributed by atoms with Crippen LogP contribution in [0.4, 0.5) is 0 Å². The summed E-state index contributed by atoms with van der Waals surface area (Å²) >= 11 is 0. The second-order valence-corrected chi connectivity index (χ2v) is 7.63. The van der Waals surface area contributed by atoms with Gasteiger partial charge in [0.25, 0.3) is 0 Å². The highest BCUT2D eigenvalue weighted by Crippen LogP contribution is 2.32. The minimum absolute atomic E-state index is 0.380. The third-order valence-electron chi connectivity index (χ3n) is 5.37. The molecule has 0 radical (unpaired) electrons. The number of hydrogen-bond acceptors (Lipinski definition) is 2. The second-order valence-electron chi connectivity index (χ2n) is 7.63. The van der Waals surface area contributed by atoms with Gasteiger partial charge in [0.2, 0.25) is 0 Å². The zero-order valence-electron chi connectivity index (χ0n) is 17.4. The van der Waals surface area contributed by atoms with Gasteiger partial charge in [-0.3, -0.25) is 9.98 Å². The number of nitrogens with zero attached hydrogens (tertiary/aromatic N) is 2. The highest BCUT2D eigenvalue weighted by atomic mass is 14.8. The predicted octanol–water partition coefficient (Wildman–Crippen LogP) is 6.95. The molecule has 1 fully saturated rings. The Bertz CT molecular complexity index is 641. The van der Waals surface area contributed by atoms with Crippen LogP contribution in [0, 0.1) is 5.92 Å². The maximum absolute atomic E-state index is 5.07. The molecule has 26 heavy (non-hydrogen) atoms. The van der Waals surface area contributed by atoms with Crippen molar-refractivity contribution in [3.05, 3.63) is 47.2 Å². The van der Waals surface area contributed by atoms with Crippen LogP contribution in [0.25, 0.3) is 0 Å². The van der Waals surface area contributed by atoms with Crippen molar-refractivity contribution in [3.8, 4) is 0 Å². The average molecular weight is 353 g/mol. The summed E-state index contributed by atoms with van der Waals surface area (Å²) in [6.07, 6.45) is 11.0. The maximum atomic E-state index is 5.07. The summed E-state index contributed by atoms with van der Waals surface area (Å²) in [5.41, 5.74) is 6.04. The summed E-state index contributed by atoms with van der Waals surface area (Å²) in [6.45, 7) is 8.76. The van der Waals surface area contributed by atoms with Crippen molar-refractivity contribution in [2.24, 2.45) is 15.9 Å². The Labute approximate surface area is 160 Å². The lowest BCUT2D eigenvalue weighted by molar-refractivity contribution is 0.443. The van der Waals surface area contributed by atoms with Gasteiger partial charge in [0.15, 0.2) is 0 Å². The Morgan fingerprint density at radius 2 is 1.73 bits per heavy atom. The number of benzene rings is 1. The first-order valence-electron chi connectivity index (χ1n) is 10.5. The number of aliphatic imine (C=N–C) groups is 2. The predicted molar refractivity (Wildman–Crippen MR) is 116 cm³/mol. The third kappa shape index (κ3) is 5.40. The van der Waals surface area contributed by atoms with Crippen LogP contribution in [-0.2, 0) is 0 Å². The molecule has 0 spiro atoms. The van der Waals surface area contributed by atoms with Gasteiger partial charge in [0, 0.05) is 7.05 Å². The van der Waals surface area contributed by atoms with Gasteiger partial charge in [-0.05, 0) is 48.6 Å². The molecule has 0 heterocycles. The Kier molecular flexibility index (Phi) is 8.28. The van der Waals surface area contributed by atoms with E-state index < -0.39 is 0 Å². The fraction of sp³-hybridized carbons (Fsp3) is 0.583. The first-order chi connectivity index (χ1) is 12.6. The zero-order chi connectivity index (χ0) is 18.9. The third-order valence-corrected chi connectivity index (χ3v) is 5.37. The summed E-state index contributed by atoms with van der Waals surface area (Å²) < 4.78 is 0. The summed E-state index contributed by atoms with van der Waals surface area (Å²) in [6, 6.07) is 9.23. The number of rotatable bonds is 7. The van der Waals surface area contributed by atoms with Crippen LogP contribution in [0.5, 0.6) is 0 Å². The lowest BCUT2D eigenvalue weighted by Gasteiger charge is -2.22. The Hall–Kier alpha value is -1.70. The van der Waals surface area contributed by atoms with E-state index in [0.29, 0.717) is 5.92 Å². The van der Waals surface area contributed by atoms with Gasteiger partial charge in [0.05, 0.1) is 17.1 Å². The van der Waals surface area contributed by atoms with Crippen molar-refractivity contribution in [2.75, 3.05) is 7.05 Å². The zero-order valence-corrected chi connectivity index (χ0v) is 17.4. The van der Waals surface area contributed by atoms with E-state index in [0.717, 1.165) is 35.9 Å². The minimum Gasteiger partial charge on any atom is -0.291 e. The molecule has 0 atom stereocenters. The Morgan fingerprint density at radius 1 is 1.08 bits per heavy atom. The maximum Gasteiger partial charge on any atom is 0.0803 e. The van der Waals surface area contributed by atoms with Gasteiger partial charge >= 0.3 is 0 Å². The monoisotopic (exact) mass is 352 g/mol. The molecular formula is C24H36N2. The first kappa shape index (κ1) is 20.6. The van der Waals surface area contributed by atoms with E-state index in [1.165, 1.54) is 43.2 Å². The molecular weight excluding hydrogens is 316 g/mol. The standard InChI is InChI=1S/C24H36N2/c1-6-11-23(22(7-2)25-5)26-24(18(3)4)21-16-14-20(15-17-21)19-12-9-8-10-13-19/h11,14-19H,6-10,12-13H2,1-5H3/b23-11+,25-22-,26-24+. The van der Waals surface area contributed by atoms with E-state index in [-0.39, 0.29) is 0 Å². The molecule has 0 aliphatic heterocycles. The van der Waals surface area contributed by atoms with Crippen LogP contribution in [0.15, 0.2) is 46.0 Å². The van der Waals surface area contributed by atoms with Gasteiger partial charge in [-0.25, -0.2) is 0 Å². The molecule has 2 heteroatoms. The van der Waals surface area contributed by atoms with E-state index in [1.54, 1.807) is 0 Å². The number of hydrogen-bond donors (Lipinski definition) is 0. The molecule has 0 saturated heterocycles. The molecule has 1 aliphatic carbocycles. The molecule has 0 N–H and O–H groups in total. The molecule has 2 rings (SSSR count). The fourth-order valence-electron chi connectivity index (χ4n) is 3.89. The van der Waals surface area contributed by atoms with Crippen molar-refractivity contribution < 1.29 is 0 Å². The van der Waals surface area contributed by atoms with E-state index >= 15 is 0 Å². The minimum atomic E-state index is 0.380. The lowest BCUT2D eigenvalue weighted by atomic mass is 9.83. The Morgan fingerprint density at radius 3 is 2.23 bits per heavy atom. The summed E-state index contributed by atoms with van der Waals surface area (Å²) in [4.78, 5) is 9.51. The quantitative estimate of drug-likeness (QED) is 0.474. The van der Waals surface area contributed by atoms with Crippen LogP contribution in [-0.4, -0.2) is 18.5 Å². The Balaban J connectivity index is 2.32. The van der Waals surface area contributed by atoms with Crippen molar-refractivity contribution in [3.63, 3.8) is 0 Å². The van der Waals surface area contributed by atoms with E-state index in [2.05, 4.69) is 63.0 Å². The van der Waals surface area contributed by atoms with Gasteiger partial charge in [-0.1, -0.05) is 77.3 Å². The molecule has 142 valence electrons. The van der Waals surface area contributed by atoms with Crippen LogP contribution in [0.2, 0.25) is 0 Å². The van der Waals surface area contributed by atoms with Crippen molar-refractivity contribution in [1.29, 1.82) is 0 Å². The average Bonchev–Trinajstić information content (AvgIpc) is 2.67. The van der Waals surface area contributed by atoms with Crippen molar-refractivity contribution >= 4 is 11.4 Å². The van der Waals surface area contributed by atoms with E-state index in [4.69, 9.17) is 4.99 Å². The molecule has 0 aromatic heterocycles. The SMILES string of the molecule is CC/C=C(/N=C(/c1ccc(C2CCCCC2)cc1)C(C)C)C(\CC)=N/C. The van der Waals surface area contributed by atoms with Crippen LogP contribution in [0.3, 0.4) is 0 Å². The van der Waals surface area contributed by atoms with Crippen LogP contribution in [0.1, 0.15) is 89.7 Å². The molecule has 0 bridgehead atoms. The second kappa shape index (κ2) is 10.4. The number of allylic oxidation sites excluding steroid dienone is 2. The molecule has 1 saturated carbocycles. The van der Waals surface area contributed by atoms with E-state index in [1.807, 2.05) is 7.05 Å². The van der Waals surface area contributed by atoms with Crippen LogP contribution < -0.4 is 0 Å². The normalized spacial score (nSPS) is 17.8. The van der Waals surface area contributed by atoms with Gasteiger partial charge < -0.3 is 0 Å². The first-order valence-corrected chi connectivity index (χ1v) is 10.5. The smallest absolute Gasteiger partial charge is 0.0803 e. The fourth-order valence-corrected chi connectivity index (χ4v) is 3.89. The summed E-state index contributed by atoms with van der Waals surface area (Å²) in [5.74, 6) is 1.14. The lowest BCUT2D eigenvalue weighted by Crippen LogP contribution is -2.13. The molecule has 1 aliphatic rings. The van der Waals surface area contributed by atoms with E-state index in [9.17, 15) is 0 Å². The topological polar surface area (TPSA) is 24.7 Å². The summed E-state index contributed by atoms with van der Waals surface area (Å²) in [7, 11) is 1.87. The highest BCUT2D eigenvalue weighted by Gasteiger charge is 2.16. The molecule has 1 aromatic carbocycles. The highest BCUT2D eigenvalue weighted by molar-refractivity contribution is 6.07. The van der Waals surface area contributed by atoms with Gasteiger partial charge in [-0.15, -0.1) is 0 Å². The molecule has 0 amide bonds. The van der Waals surface area contributed by atoms with Gasteiger partial charge in [0.1, 0.15) is 0 Å². The van der Waals surface area contributed by atoms with Crippen molar-refractivity contribution in [1.82, 2.24) is 0 Å². The molecule has 1 aromatic rings. The van der Waals surface area contributed by atoms with Gasteiger partial charge in [-0.2, -0.15) is 0 Å². The largest absolute Gasteiger partial charge is 0.291 e. The summed E-state index contributed by atoms with van der Waals surface area (Å²) in [5, 5.41) is 0. The van der Waals surface area contributed by atoms with Crippen LogP contribution >= 0.6 is 0 Å².